The van der Waals surface area contributed by atoms with E-state index in [4.69, 9.17) is 17.3 Å². The molecule has 5 heteroatoms. The smallest absolute Gasteiger partial charge is 0.278 e. The summed E-state index contributed by atoms with van der Waals surface area (Å²) in [5.41, 5.74) is 4.57. The summed E-state index contributed by atoms with van der Waals surface area (Å²) >= 11 is 5.55. The molecule has 78 valence electrons. The number of hydrogen-bond donors (Lipinski definition) is 2. The average Bonchev–Trinajstić information content (AvgIpc) is 2.09. The van der Waals surface area contributed by atoms with E-state index in [0.29, 0.717) is 0 Å². The molecule has 0 aromatic heterocycles. The minimum atomic E-state index is -3.14. The van der Waals surface area contributed by atoms with Crippen LogP contribution in [0.25, 0.3) is 0 Å². The van der Waals surface area contributed by atoms with Crippen LogP contribution in [0.4, 0.5) is 8.78 Å². The summed E-state index contributed by atoms with van der Waals surface area (Å²) in [4.78, 5) is 0. The lowest BCUT2D eigenvalue weighted by molar-refractivity contribution is -0.0127. The fourth-order valence-electron chi connectivity index (χ4n) is 1.12. The first kappa shape index (κ1) is 11.2. The topological polar surface area (TPSA) is 46.2 Å². The van der Waals surface area contributed by atoms with Crippen LogP contribution in [-0.4, -0.2) is 11.7 Å². The van der Waals surface area contributed by atoms with Crippen molar-refractivity contribution in [3.63, 3.8) is 0 Å². The van der Waals surface area contributed by atoms with Crippen molar-refractivity contribution in [3.8, 4) is 5.75 Å². The fraction of sp³-hybridized carbons (Fsp3) is 0.333. The Morgan fingerprint density at radius 3 is 2.64 bits per heavy atom. The van der Waals surface area contributed by atoms with Gasteiger partial charge >= 0.3 is 0 Å². The lowest BCUT2D eigenvalue weighted by atomic mass is 10.0. The van der Waals surface area contributed by atoms with E-state index in [0.717, 1.165) is 12.1 Å². The molecule has 0 aliphatic carbocycles. The molecule has 0 saturated heterocycles. The third-order valence-electron chi connectivity index (χ3n) is 1.81. The number of halogens is 3. The Hall–Kier alpha value is -0.870. The van der Waals surface area contributed by atoms with E-state index in [2.05, 4.69) is 0 Å². The summed E-state index contributed by atoms with van der Waals surface area (Å²) in [6.45, 7) is -0.154. The maximum absolute atomic E-state index is 13.3. The third kappa shape index (κ3) is 2.33. The quantitative estimate of drug-likeness (QED) is 0.824. The largest absolute Gasteiger partial charge is 0.507 e. The molecular weight excluding hydrogens is 212 g/mol. The Balaban J connectivity index is 3.10. The highest BCUT2D eigenvalue weighted by Crippen LogP contribution is 2.38. The van der Waals surface area contributed by atoms with E-state index in [1.807, 2.05) is 0 Å². The Labute approximate surface area is 85.3 Å². The van der Waals surface area contributed by atoms with Crippen LogP contribution in [0.1, 0.15) is 12.0 Å². The maximum atomic E-state index is 13.3. The van der Waals surface area contributed by atoms with Crippen LogP contribution in [0.5, 0.6) is 5.75 Å². The van der Waals surface area contributed by atoms with Gasteiger partial charge in [-0.3, -0.25) is 0 Å². The van der Waals surface area contributed by atoms with Crippen molar-refractivity contribution in [1.29, 1.82) is 0 Å². The van der Waals surface area contributed by atoms with Crippen LogP contribution in [0, 0.1) is 0 Å². The van der Waals surface area contributed by atoms with Crippen LogP contribution >= 0.6 is 11.6 Å². The van der Waals surface area contributed by atoms with Crippen molar-refractivity contribution < 1.29 is 13.9 Å². The highest BCUT2D eigenvalue weighted by Gasteiger charge is 2.33. The summed E-state index contributed by atoms with van der Waals surface area (Å²) < 4.78 is 26.6. The predicted molar refractivity (Wildman–Crippen MR) is 50.7 cm³/mol. The molecule has 1 rings (SSSR count). The van der Waals surface area contributed by atoms with Gasteiger partial charge in [-0.15, -0.1) is 0 Å². The van der Waals surface area contributed by atoms with Gasteiger partial charge in [-0.1, -0.05) is 11.6 Å². The van der Waals surface area contributed by atoms with Crippen LogP contribution in [0.3, 0.4) is 0 Å². The summed E-state index contributed by atoms with van der Waals surface area (Å²) in [5.74, 6) is -3.60. The highest BCUT2D eigenvalue weighted by molar-refractivity contribution is 6.30. The van der Waals surface area contributed by atoms with Crippen molar-refractivity contribution in [2.45, 2.75) is 12.3 Å². The van der Waals surface area contributed by atoms with Crippen molar-refractivity contribution >= 4 is 11.6 Å². The standard InChI is InChI=1S/C9H10ClF2NO/c10-6-1-2-8(14)7(5-6)9(11,12)3-4-13/h1-2,5,14H,3-4,13H2. The minimum Gasteiger partial charge on any atom is -0.507 e. The van der Waals surface area contributed by atoms with Crippen molar-refractivity contribution in [1.82, 2.24) is 0 Å². The van der Waals surface area contributed by atoms with Crippen molar-refractivity contribution in [3.05, 3.63) is 28.8 Å². The summed E-state index contributed by atoms with van der Waals surface area (Å²) in [6.07, 6.45) is -0.513. The van der Waals surface area contributed by atoms with Gasteiger partial charge in [-0.2, -0.15) is 0 Å². The summed E-state index contributed by atoms with van der Waals surface area (Å²) in [7, 11) is 0. The molecule has 0 amide bonds. The molecule has 0 unspecified atom stereocenters. The van der Waals surface area contributed by atoms with Crippen LogP contribution in [0.15, 0.2) is 18.2 Å². The van der Waals surface area contributed by atoms with Crippen LogP contribution in [-0.2, 0) is 5.92 Å². The minimum absolute atomic E-state index is 0.154. The van der Waals surface area contributed by atoms with Gasteiger partial charge in [0, 0.05) is 11.4 Å². The van der Waals surface area contributed by atoms with Crippen LogP contribution in [0.2, 0.25) is 5.02 Å². The summed E-state index contributed by atoms with van der Waals surface area (Å²) in [5, 5.41) is 9.38. The Bertz CT molecular complexity index is 331. The Morgan fingerprint density at radius 2 is 2.07 bits per heavy atom. The van der Waals surface area contributed by atoms with Gasteiger partial charge in [-0.25, -0.2) is 8.78 Å². The normalized spacial score (nSPS) is 11.7. The molecule has 0 aliphatic rings. The number of phenolic OH excluding ortho intramolecular Hbond substituents is 1. The van der Waals surface area contributed by atoms with Crippen LogP contribution < -0.4 is 5.73 Å². The summed E-state index contributed by atoms with van der Waals surface area (Å²) in [6, 6.07) is 3.54. The predicted octanol–water partition coefficient (Wildman–Crippen LogP) is 2.49. The van der Waals surface area contributed by atoms with E-state index >= 15 is 0 Å². The van der Waals surface area contributed by atoms with Gasteiger partial charge in [-0.05, 0) is 24.7 Å². The first-order valence-corrected chi connectivity index (χ1v) is 4.42. The first-order chi connectivity index (χ1) is 6.47. The second-order valence-electron chi connectivity index (χ2n) is 2.90. The molecule has 0 atom stereocenters. The van der Waals surface area contributed by atoms with E-state index in [9.17, 15) is 13.9 Å². The third-order valence-corrected chi connectivity index (χ3v) is 2.05. The molecule has 1 aromatic carbocycles. The molecule has 0 spiro atoms. The molecule has 0 saturated carbocycles. The molecule has 0 heterocycles. The number of nitrogens with two attached hydrogens (primary N) is 1. The Kier molecular flexibility index (Phi) is 3.29. The number of phenols is 1. The molecule has 1 aromatic rings. The van der Waals surface area contributed by atoms with Gasteiger partial charge in [0.1, 0.15) is 5.75 Å². The average molecular weight is 222 g/mol. The van der Waals surface area contributed by atoms with Gasteiger partial charge in [0.05, 0.1) is 5.56 Å². The number of alkyl halides is 2. The second-order valence-corrected chi connectivity index (χ2v) is 3.34. The second kappa shape index (κ2) is 4.11. The molecule has 0 fully saturated rings. The number of rotatable bonds is 3. The molecule has 14 heavy (non-hydrogen) atoms. The van der Waals surface area contributed by atoms with Crippen molar-refractivity contribution in [2.75, 3.05) is 6.54 Å². The molecule has 2 nitrogen and oxygen atoms in total. The van der Waals surface area contributed by atoms with E-state index < -0.39 is 23.7 Å². The van der Waals surface area contributed by atoms with E-state index in [1.54, 1.807) is 0 Å². The van der Waals surface area contributed by atoms with Gasteiger partial charge in [0.15, 0.2) is 0 Å². The lowest BCUT2D eigenvalue weighted by Gasteiger charge is -2.16. The lowest BCUT2D eigenvalue weighted by Crippen LogP contribution is -2.18. The van der Waals surface area contributed by atoms with Gasteiger partial charge in [0.2, 0.25) is 0 Å². The maximum Gasteiger partial charge on any atom is 0.278 e. The molecule has 0 bridgehead atoms. The number of hydrogen-bond acceptors (Lipinski definition) is 2. The SMILES string of the molecule is NCCC(F)(F)c1cc(Cl)ccc1O. The Morgan fingerprint density at radius 1 is 1.43 bits per heavy atom. The number of benzene rings is 1. The number of aromatic hydroxyl groups is 1. The zero-order valence-corrected chi connectivity index (χ0v) is 8.06. The van der Waals surface area contributed by atoms with Gasteiger partial charge in [0.25, 0.3) is 5.92 Å². The van der Waals surface area contributed by atoms with Crippen molar-refractivity contribution in [2.24, 2.45) is 5.73 Å². The first-order valence-electron chi connectivity index (χ1n) is 4.04. The van der Waals surface area contributed by atoms with E-state index in [1.165, 1.54) is 6.07 Å². The zero-order chi connectivity index (χ0) is 10.8. The fourth-order valence-corrected chi connectivity index (χ4v) is 1.29. The zero-order valence-electron chi connectivity index (χ0n) is 7.30. The van der Waals surface area contributed by atoms with E-state index in [-0.39, 0.29) is 11.6 Å². The highest BCUT2D eigenvalue weighted by atomic mass is 35.5. The monoisotopic (exact) mass is 221 g/mol. The molecular formula is C9H10ClF2NO. The molecule has 3 N–H and O–H groups in total. The molecule has 0 aliphatic heterocycles. The van der Waals surface area contributed by atoms with Gasteiger partial charge < -0.3 is 10.8 Å². The molecule has 0 radical (unpaired) electrons.